The number of carbonyl (C=O) groups is 1. The van der Waals surface area contributed by atoms with Crippen molar-refractivity contribution in [3.8, 4) is 0 Å². The highest BCUT2D eigenvalue weighted by molar-refractivity contribution is 6.30. The first kappa shape index (κ1) is 26.1. The summed E-state index contributed by atoms with van der Waals surface area (Å²) in [7, 11) is 0. The smallest absolute Gasteiger partial charge is 0.410 e. The minimum atomic E-state index is -0.134. The number of hydrogen-bond donors (Lipinski definition) is 0. The molecular weight excluding hydrogens is 508 g/mol. The van der Waals surface area contributed by atoms with Gasteiger partial charge < -0.3 is 14.2 Å². The Hall–Kier alpha value is -3.12. The molecule has 6 nitrogen and oxygen atoms in total. The lowest BCUT2D eigenvalue weighted by molar-refractivity contribution is 0.0372. The molecule has 7 heteroatoms. The van der Waals surface area contributed by atoms with E-state index in [4.69, 9.17) is 21.3 Å². The summed E-state index contributed by atoms with van der Waals surface area (Å²) in [4.78, 5) is 24.2. The lowest BCUT2D eigenvalue weighted by Crippen LogP contribution is -2.41. The van der Waals surface area contributed by atoms with E-state index < -0.39 is 0 Å². The molecule has 39 heavy (non-hydrogen) atoms. The van der Waals surface area contributed by atoms with Crippen LogP contribution in [-0.4, -0.2) is 44.7 Å². The highest BCUT2D eigenvalue weighted by atomic mass is 35.5. The summed E-state index contributed by atoms with van der Waals surface area (Å²) in [5, 5.41) is 0.743. The van der Waals surface area contributed by atoms with Gasteiger partial charge in [-0.25, -0.2) is 9.78 Å². The van der Waals surface area contributed by atoms with Crippen molar-refractivity contribution in [3.63, 3.8) is 0 Å². The number of rotatable bonds is 5. The van der Waals surface area contributed by atoms with E-state index in [1.165, 1.54) is 28.7 Å². The molecule has 2 fully saturated rings. The highest BCUT2D eigenvalue weighted by Crippen LogP contribution is 2.45. The molecule has 1 aliphatic heterocycles. The number of fused-ring (bicyclic) bond motifs is 2. The zero-order chi connectivity index (χ0) is 26.8. The summed E-state index contributed by atoms with van der Waals surface area (Å²) < 4.78 is 8.08. The molecule has 1 saturated carbocycles. The Morgan fingerprint density at radius 3 is 2.64 bits per heavy atom. The molecule has 0 bridgehead atoms. The van der Waals surface area contributed by atoms with Gasteiger partial charge in [0, 0.05) is 49.2 Å². The van der Waals surface area contributed by atoms with E-state index in [-0.39, 0.29) is 18.1 Å². The highest BCUT2D eigenvalue weighted by Gasteiger charge is 2.36. The second-order valence-electron chi connectivity index (χ2n) is 11.2. The van der Waals surface area contributed by atoms with Gasteiger partial charge in [0.15, 0.2) is 0 Å². The molecule has 0 spiro atoms. The Balaban J connectivity index is 1.25. The number of likely N-dealkylation sites (tertiary alicyclic amines) is 1. The van der Waals surface area contributed by atoms with Crippen molar-refractivity contribution in [2.45, 2.75) is 76.9 Å². The van der Waals surface area contributed by atoms with Crippen molar-refractivity contribution in [3.05, 3.63) is 82.2 Å². The van der Waals surface area contributed by atoms with Crippen LogP contribution in [0.25, 0.3) is 11.6 Å². The number of imidazole rings is 1. The number of benzene rings is 1. The summed E-state index contributed by atoms with van der Waals surface area (Å²) in [6.07, 6.45) is 16.4. The molecule has 6 rings (SSSR count). The number of aryl methyl sites for hydroxylation is 2. The number of carbonyl (C=O) groups excluding carboxylic acids is 1. The maximum absolute atomic E-state index is 12.9. The summed E-state index contributed by atoms with van der Waals surface area (Å²) in [6.45, 7) is 4.34. The summed E-state index contributed by atoms with van der Waals surface area (Å²) in [5.41, 5.74) is 6.06. The van der Waals surface area contributed by atoms with Gasteiger partial charge in [0.2, 0.25) is 0 Å². The molecule has 3 heterocycles. The molecule has 2 aliphatic carbocycles. The average molecular weight is 545 g/mol. The number of nitrogens with zero attached hydrogens (tertiary/aromatic N) is 4. The van der Waals surface area contributed by atoms with Crippen LogP contribution >= 0.6 is 11.6 Å². The van der Waals surface area contributed by atoms with Crippen LogP contribution in [0.5, 0.6) is 0 Å². The molecule has 0 N–H and O–H groups in total. The molecule has 3 aliphatic rings. The van der Waals surface area contributed by atoms with E-state index in [0.29, 0.717) is 5.92 Å². The fourth-order valence-electron chi connectivity index (χ4n) is 6.68. The van der Waals surface area contributed by atoms with E-state index >= 15 is 0 Å². The first-order chi connectivity index (χ1) is 19.1. The van der Waals surface area contributed by atoms with Crippen LogP contribution in [0.1, 0.15) is 85.5 Å². The largest absolute Gasteiger partial charge is 0.446 e. The molecule has 2 aromatic heterocycles. The zero-order valence-electron chi connectivity index (χ0n) is 22.7. The van der Waals surface area contributed by atoms with Crippen molar-refractivity contribution < 1.29 is 9.53 Å². The molecule has 1 unspecified atom stereocenters. The minimum Gasteiger partial charge on any atom is -0.446 e. The fourth-order valence-corrected chi connectivity index (χ4v) is 6.86. The van der Waals surface area contributed by atoms with Gasteiger partial charge in [0.05, 0.1) is 5.69 Å². The molecule has 204 valence electrons. The van der Waals surface area contributed by atoms with Crippen molar-refractivity contribution in [1.82, 2.24) is 19.4 Å². The quantitative estimate of drug-likeness (QED) is 0.333. The third kappa shape index (κ3) is 5.62. The first-order valence-electron chi connectivity index (χ1n) is 14.5. The maximum Gasteiger partial charge on any atom is 0.410 e. The van der Waals surface area contributed by atoms with Gasteiger partial charge in [0.25, 0.3) is 0 Å². The number of allylic oxidation sites excluding steroid dienone is 1. The maximum atomic E-state index is 12.9. The van der Waals surface area contributed by atoms with Gasteiger partial charge in [-0.3, -0.25) is 4.98 Å². The summed E-state index contributed by atoms with van der Waals surface area (Å²) in [6, 6.07) is 10.5. The lowest BCUT2D eigenvalue weighted by atomic mass is 9.76. The van der Waals surface area contributed by atoms with Crippen LogP contribution in [0.3, 0.4) is 0 Å². The molecule has 0 radical (unpaired) electrons. The predicted molar refractivity (Wildman–Crippen MR) is 155 cm³/mol. The van der Waals surface area contributed by atoms with E-state index in [2.05, 4.69) is 33.8 Å². The van der Waals surface area contributed by atoms with Gasteiger partial charge in [-0.1, -0.05) is 36.2 Å². The number of piperidine rings is 1. The first-order valence-corrected chi connectivity index (χ1v) is 14.8. The van der Waals surface area contributed by atoms with Crippen molar-refractivity contribution in [2.24, 2.45) is 5.92 Å². The number of ether oxygens (including phenoxy) is 1. The van der Waals surface area contributed by atoms with Gasteiger partial charge in [0.1, 0.15) is 11.9 Å². The molecule has 1 aromatic carbocycles. The van der Waals surface area contributed by atoms with Gasteiger partial charge in [-0.2, -0.15) is 0 Å². The monoisotopic (exact) mass is 544 g/mol. The standard InChI is InChI=1S/C32H37ClN4O2/c1-22-34-15-19-36(22)16-13-24-20-25-21-26(33)9-10-28(25)30(31-29(24)8-5-14-35-31)23-11-17-37(18-12-23)32(38)39-27-6-3-2-4-7-27/h5,8-10,14-15,19-21,23,27,30H,2-4,6-7,11-13,16-18H2,1H3. The summed E-state index contributed by atoms with van der Waals surface area (Å²) in [5.74, 6) is 1.54. The topological polar surface area (TPSA) is 60.2 Å². The van der Waals surface area contributed by atoms with Gasteiger partial charge in [-0.15, -0.1) is 0 Å². The lowest BCUT2D eigenvalue weighted by Gasteiger charge is -2.37. The number of halogens is 1. The Kier molecular flexibility index (Phi) is 7.73. The Morgan fingerprint density at radius 1 is 1.05 bits per heavy atom. The predicted octanol–water partition coefficient (Wildman–Crippen LogP) is 7.50. The van der Waals surface area contributed by atoms with Crippen molar-refractivity contribution in [1.29, 1.82) is 0 Å². The second kappa shape index (κ2) is 11.5. The molecule has 3 aromatic rings. The van der Waals surface area contributed by atoms with E-state index in [9.17, 15) is 4.79 Å². The van der Waals surface area contributed by atoms with Gasteiger partial charge >= 0.3 is 6.09 Å². The van der Waals surface area contributed by atoms with Crippen molar-refractivity contribution >= 4 is 29.3 Å². The normalized spacial score (nSPS) is 20.1. The average Bonchev–Trinajstić information content (AvgIpc) is 3.31. The molecule has 1 amide bonds. The SMILES string of the molecule is Cc1nccn1CCC1=Cc2cc(Cl)ccc2C(C2CCN(C(=O)OC3CCCCC3)CC2)c2ncccc21. The fraction of sp³-hybridized carbons (Fsp3) is 0.469. The third-order valence-corrected chi connectivity index (χ3v) is 9.06. The number of aromatic nitrogens is 3. The molecular formula is C32H37ClN4O2. The molecule has 1 saturated heterocycles. The Bertz CT molecular complexity index is 1350. The van der Waals surface area contributed by atoms with Crippen LogP contribution < -0.4 is 0 Å². The van der Waals surface area contributed by atoms with E-state index in [0.717, 1.165) is 81.1 Å². The van der Waals surface area contributed by atoms with Crippen LogP contribution in [0.2, 0.25) is 5.02 Å². The zero-order valence-corrected chi connectivity index (χ0v) is 23.4. The Morgan fingerprint density at radius 2 is 1.87 bits per heavy atom. The van der Waals surface area contributed by atoms with Crippen LogP contribution in [0, 0.1) is 12.8 Å². The van der Waals surface area contributed by atoms with Crippen LogP contribution in [-0.2, 0) is 11.3 Å². The van der Waals surface area contributed by atoms with Crippen LogP contribution in [0.4, 0.5) is 4.79 Å². The number of hydrogen-bond acceptors (Lipinski definition) is 4. The van der Waals surface area contributed by atoms with Crippen molar-refractivity contribution in [2.75, 3.05) is 13.1 Å². The van der Waals surface area contributed by atoms with Gasteiger partial charge in [-0.05, 0) is 98.2 Å². The minimum absolute atomic E-state index is 0.0918. The number of amides is 1. The van der Waals surface area contributed by atoms with E-state index in [1.807, 2.05) is 42.5 Å². The Labute approximate surface area is 236 Å². The second-order valence-corrected chi connectivity index (χ2v) is 11.7. The van der Waals surface area contributed by atoms with Crippen LogP contribution in [0.15, 0.2) is 48.9 Å². The van der Waals surface area contributed by atoms with E-state index in [1.54, 1.807) is 0 Å². The third-order valence-electron chi connectivity index (χ3n) is 8.83. The number of pyridine rings is 1. The molecule has 1 atom stereocenters. The summed E-state index contributed by atoms with van der Waals surface area (Å²) >= 11 is 6.52.